The predicted octanol–water partition coefficient (Wildman–Crippen LogP) is 7.35. The van der Waals surface area contributed by atoms with Crippen molar-refractivity contribution >= 4 is 0 Å². The van der Waals surface area contributed by atoms with Crippen LogP contribution in [0.1, 0.15) is 83.8 Å². The molecule has 0 aliphatic heterocycles. The lowest BCUT2D eigenvalue weighted by Gasteiger charge is -2.51. The molecule has 0 spiro atoms. The second-order valence-electron chi connectivity index (χ2n) is 10.9. The van der Waals surface area contributed by atoms with Crippen molar-refractivity contribution in [1.82, 2.24) is 0 Å². The average molecular weight is 381 g/mol. The zero-order chi connectivity index (χ0) is 20.1. The summed E-state index contributed by atoms with van der Waals surface area (Å²) < 4.78 is 0. The number of aromatic hydroxyl groups is 1. The Bertz CT molecular complexity index is 732. The van der Waals surface area contributed by atoms with Crippen molar-refractivity contribution in [3.8, 4) is 5.75 Å². The van der Waals surface area contributed by atoms with E-state index in [4.69, 9.17) is 0 Å². The maximum absolute atomic E-state index is 9.89. The van der Waals surface area contributed by atoms with E-state index in [1.54, 1.807) is 5.56 Å². The fourth-order valence-electron chi connectivity index (χ4n) is 7.18. The zero-order valence-corrected chi connectivity index (χ0v) is 18.6. The Labute approximate surface area is 172 Å². The number of aryl methyl sites for hydroxylation is 1. The van der Waals surface area contributed by atoms with Crippen LogP contribution in [0.3, 0.4) is 0 Å². The van der Waals surface area contributed by atoms with Gasteiger partial charge in [-0.3, -0.25) is 0 Å². The van der Waals surface area contributed by atoms with Crippen molar-refractivity contribution < 1.29 is 5.11 Å². The number of phenolic OH excluding ortho intramolecular Hbond substituents is 1. The van der Waals surface area contributed by atoms with E-state index in [2.05, 4.69) is 52.8 Å². The summed E-state index contributed by atoms with van der Waals surface area (Å²) in [5.41, 5.74) is 3.48. The topological polar surface area (TPSA) is 20.2 Å². The van der Waals surface area contributed by atoms with Crippen LogP contribution in [-0.4, -0.2) is 5.11 Å². The highest BCUT2D eigenvalue weighted by Crippen LogP contribution is 2.64. The zero-order valence-electron chi connectivity index (χ0n) is 18.6. The maximum Gasteiger partial charge on any atom is 0.115 e. The van der Waals surface area contributed by atoms with Gasteiger partial charge in [0.25, 0.3) is 0 Å². The second kappa shape index (κ2) is 7.54. The molecular weight excluding hydrogens is 340 g/mol. The third-order valence-corrected chi connectivity index (χ3v) is 9.19. The predicted molar refractivity (Wildman–Crippen MR) is 119 cm³/mol. The minimum Gasteiger partial charge on any atom is -0.508 e. The molecule has 7 unspecified atom stereocenters. The molecule has 2 fully saturated rings. The van der Waals surface area contributed by atoms with E-state index in [0.717, 1.165) is 36.0 Å². The van der Waals surface area contributed by atoms with Gasteiger partial charge in [0.2, 0.25) is 0 Å². The average Bonchev–Trinajstić information content (AvgIpc) is 3.02. The lowest BCUT2D eigenvalue weighted by Crippen LogP contribution is -2.43. The second-order valence-corrected chi connectivity index (χ2v) is 10.9. The van der Waals surface area contributed by atoms with Gasteiger partial charge in [0, 0.05) is 0 Å². The van der Waals surface area contributed by atoms with Gasteiger partial charge in [-0.25, -0.2) is 0 Å². The van der Waals surface area contributed by atoms with E-state index in [-0.39, 0.29) is 0 Å². The van der Waals surface area contributed by atoms with Crippen molar-refractivity contribution in [2.45, 2.75) is 79.1 Å². The largest absolute Gasteiger partial charge is 0.508 e. The molecule has 0 aromatic heterocycles. The lowest BCUT2D eigenvalue weighted by atomic mass is 9.53. The Hall–Kier alpha value is -1.24. The smallest absolute Gasteiger partial charge is 0.115 e. The van der Waals surface area contributed by atoms with E-state index < -0.39 is 0 Å². The summed E-state index contributed by atoms with van der Waals surface area (Å²) in [5, 5.41) is 9.89. The molecule has 7 atom stereocenters. The van der Waals surface area contributed by atoms with Crippen LogP contribution in [-0.2, 0) is 6.42 Å². The minimum atomic E-state index is 0.440. The van der Waals surface area contributed by atoms with Crippen molar-refractivity contribution in [3.63, 3.8) is 0 Å². The number of allylic oxidation sites excluding steroid dienone is 2. The summed E-state index contributed by atoms with van der Waals surface area (Å²) >= 11 is 0. The molecule has 1 heteroatoms. The standard InChI is InChI=1S/C27H40O/c1-17(2)18(3)6-7-19(4)25-12-13-26-24-10-8-20-16-21(28)9-11-22(20)23(24)14-15-27(25,26)5/h6-7,9,11,16-19,23-26,28H,8,10,12-15H2,1-5H3. The molecule has 1 aromatic rings. The Morgan fingerprint density at radius 1 is 1.04 bits per heavy atom. The van der Waals surface area contributed by atoms with Crippen molar-refractivity contribution in [1.29, 1.82) is 0 Å². The molecule has 1 nitrogen and oxygen atoms in total. The van der Waals surface area contributed by atoms with E-state index in [0.29, 0.717) is 23.0 Å². The number of benzene rings is 1. The Morgan fingerprint density at radius 3 is 2.57 bits per heavy atom. The highest BCUT2D eigenvalue weighted by atomic mass is 16.3. The minimum absolute atomic E-state index is 0.440. The Balaban J connectivity index is 1.53. The summed E-state index contributed by atoms with van der Waals surface area (Å²) in [5.74, 6) is 5.85. The van der Waals surface area contributed by atoms with E-state index >= 15 is 0 Å². The third-order valence-electron chi connectivity index (χ3n) is 9.19. The molecule has 0 bridgehead atoms. The van der Waals surface area contributed by atoms with Gasteiger partial charge >= 0.3 is 0 Å². The van der Waals surface area contributed by atoms with E-state index in [1.807, 2.05) is 12.1 Å². The van der Waals surface area contributed by atoms with Gasteiger partial charge in [-0.05, 0) is 109 Å². The molecule has 0 heterocycles. The molecule has 0 amide bonds. The van der Waals surface area contributed by atoms with E-state index in [9.17, 15) is 5.11 Å². The van der Waals surface area contributed by atoms with Crippen LogP contribution in [0.4, 0.5) is 0 Å². The fraction of sp³-hybridized carbons (Fsp3) is 0.704. The Morgan fingerprint density at radius 2 is 1.82 bits per heavy atom. The fourth-order valence-corrected chi connectivity index (χ4v) is 7.18. The number of fused-ring (bicyclic) bond motifs is 5. The van der Waals surface area contributed by atoms with Crippen LogP contribution in [0.5, 0.6) is 5.75 Å². The molecule has 0 saturated heterocycles. The summed E-state index contributed by atoms with van der Waals surface area (Å²) in [6, 6.07) is 6.17. The summed E-state index contributed by atoms with van der Waals surface area (Å²) in [6.45, 7) is 12.1. The first-order valence-corrected chi connectivity index (χ1v) is 11.8. The monoisotopic (exact) mass is 380 g/mol. The number of hydrogen-bond donors (Lipinski definition) is 1. The quantitative estimate of drug-likeness (QED) is 0.541. The van der Waals surface area contributed by atoms with Gasteiger partial charge in [-0.1, -0.05) is 52.8 Å². The maximum atomic E-state index is 9.89. The highest BCUT2D eigenvalue weighted by Gasteiger charge is 2.55. The molecule has 1 N–H and O–H groups in total. The molecule has 3 aliphatic rings. The van der Waals surface area contributed by atoms with Gasteiger partial charge in [-0.15, -0.1) is 0 Å². The van der Waals surface area contributed by atoms with Gasteiger partial charge < -0.3 is 5.11 Å². The van der Waals surface area contributed by atoms with Crippen LogP contribution in [0.2, 0.25) is 0 Å². The Kier molecular flexibility index (Phi) is 5.40. The summed E-state index contributed by atoms with van der Waals surface area (Å²) in [6.07, 6.45) is 13.1. The van der Waals surface area contributed by atoms with Crippen molar-refractivity contribution in [2.24, 2.45) is 40.9 Å². The van der Waals surface area contributed by atoms with Gasteiger partial charge in [0.1, 0.15) is 5.75 Å². The molecule has 2 saturated carbocycles. The third kappa shape index (κ3) is 3.33. The van der Waals surface area contributed by atoms with Crippen LogP contribution in [0.15, 0.2) is 30.4 Å². The number of phenols is 1. The van der Waals surface area contributed by atoms with Crippen molar-refractivity contribution in [2.75, 3.05) is 0 Å². The molecule has 0 radical (unpaired) electrons. The SMILES string of the molecule is CC(C)C(C)C=CC(C)C1CCC2C3CCc4cc(O)ccc4C3CCC12C. The van der Waals surface area contributed by atoms with E-state index in [1.165, 1.54) is 37.7 Å². The lowest BCUT2D eigenvalue weighted by molar-refractivity contribution is 0.0178. The summed E-state index contributed by atoms with van der Waals surface area (Å²) in [4.78, 5) is 0. The van der Waals surface area contributed by atoms with Crippen LogP contribution in [0.25, 0.3) is 0 Å². The van der Waals surface area contributed by atoms with Gasteiger partial charge in [0.05, 0.1) is 0 Å². The molecule has 154 valence electrons. The first kappa shape index (κ1) is 20.0. The molecule has 3 aliphatic carbocycles. The highest BCUT2D eigenvalue weighted by molar-refractivity contribution is 5.40. The normalized spacial score (nSPS) is 36.8. The number of hydrogen-bond acceptors (Lipinski definition) is 1. The van der Waals surface area contributed by atoms with Gasteiger partial charge in [0.15, 0.2) is 0 Å². The van der Waals surface area contributed by atoms with Crippen LogP contribution < -0.4 is 0 Å². The molecule has 28 heavy (non-hydrogen) atoms. The molecule has 1 aromatic carbocycles. The van der Waals surface area contributed by atoms with Gasteiger partial charge in [-0.2, -0.15) is 0 Å². The first-order chi connectivity index (χ1) is 13.3. The summed E-state index contributed by atoms with van der Waals surface area (Å²) in [7, 11) is 0. The number of rotatable bonds is 4. The van der Waals surface area contributed by atoms with Crippen molar-refractivity contribution in [3.05, 3.63) is 41.5 Å². The van der Waals surface area contributed by atoms with Crippen LogP contribution in [0, 0.1) is 40.9 Å². The van der Waals surface area contributed by atoms with Crippen LogP contribution >= 0.6 is 0 Å². The molecular formula is C27H40O. The molecule has 4 rings (SSSR count). The first-order valence-electron chi connectivity index (χ1n) is 11.8.